The zero-order chi connectivity index (χ0) is 17.2. The highest BCUT2D eigenvalue weighted by atomic mass is 32.1. The van der Waals surface area contributed by atoms with Crippen molar-refractivity contribution in [1.29, 1.82) is 0 Å². The molecule has 1 amide bonds. The molecule has 124 valence electrons. The lowest BCUT2D eigenvalue weighted by atomic mass is 9.94. The van der Waals surface area contributed by atoms with Gasteiger partial charge in [0, 0.05) is 10.4 Å². The molecule has 3 rings (SSSR count). The number of thiophene rings is 2. The van der Waals surface area contributed by atoms with E-state index in [0.29, 0.717) is 10.4 Å². The fourth-order valence-corrected chi connectivity index (χ4v) is 3.76. The molecule has 7 nitrogen and oxygen atoms in total. The lowest BCUT2D eigenvalue weighted by Crippen LogP contribution is -2.40. The minimum absolute atomic E-state index is 0.0857. The SMILES string of the molecule is O=C(NCC(O)(c1ccsc1)c1cccs1)c1ccc([N+](=O)[O-])o1. The fraction of sp³-hybridized carbons (Fsp3) is 0.133. The topological polar surface area (TPSA) is 106 Å². The average molecular weight is 364 g/mol. The summed E-state index contributed by atoms with van der Waals surface area (Å²) >= 11 is 2.81. The Morgan fingerprint density at radius 2 is 2.17 bits per heavy atom. The van der Waals surface area contributed by atoms with Crippen LogP contribution in [0.2, 0.25) is 0 Å². The van der Waals surface area contributed by atoms with E-state index < -0.39 is 22.3 Å². The Labute approximate surface area is 144 Å². The molecule has 1 atom stereocenters. The van der Waals surface area contributed by atoms with Crippen LogP contribution in [0.4, 0.5) is 5.88 Å². The first kappa shape index (κ1) is 16.4. The van der Waals surface area contributed by atoms with Crippen LogP contribution in [0.1, 0.15) is 21.0 Å². The molecule has 0 radical (unpaired) electrons. The summed E-state index contributed by atoms with van der Waals surface area (Å²) in [5, 5.41) is 29.8. The maximum Gasteiger partial charge on any atom is 0.433 e. The summed E-state index contributed by atoms with van der Waals surface area (Å²) in [4.78, 5) is 22.7. The lowest BCUT2D eigenvalue weighted by molar-refractivity contribution is -0.402. The highest BCUT2D eigenvalue weighted by Gasteiger charge is 2.34. The Hall–Kier alpha value is -2.49. The molecule has 3 aromatic heterocycles. The van der Waals surface area contributed by atoms with Gasteiger partial charge in [0.15, 0.2) is 5.76 Å². The van der Waals surface area contributed by atoms with Crippen LogP contribution in [-0.2, 0) is 5.60 Å². The summed E-state index contributed by atoms with van der Waals surface area (Å²) in [5.74, 6) is -1.32. The van der Waals surface area contributed by atoms with Crippen LogP contribution in [-0.4, -0.2) is 22.5 Å². The first-order valence-electron chi connectivity index (χ1n) is 6.82. The van der Waals surface area contributed by atoms with Crippen LogP contribution in [0.25, 0.3) is 0 Å². The van der Waals surface area contributed by atoms with E-state index in [-0.39, 0.29) is 12.3 Å². The smallest absolute Gasteiger partial charge is 0.395 e. The van der Waals surface area contributed by atoms with Crippen LogP contribution in [0.3, 0.4) is 0 Å². The van der Waals surface area contributed by atoms with Crippen LogP contribution in [0.5, 0.6) is 0 Å². The molecule has 9 heteroatoms. The van der Waals surface area contributed by atoms with Gasteiger partial charge in [-0.25, -0.2) is 0 Å². The molecule has 0 fully saturated rings. The van der Waals surface area contributed by atoms with E-state index in [0.717, 1.165) is 6.07 Å². The Bertz CT molecular complexity index is 805. The van der Waals surface area contributed by atoms with Crippen molar-refractivity contribution in [3.8, 4) is 0 Å². The maximum atomic E-state index is 12.1. The molecule has 2 N–H and O–H groups in total. The number of furan rings is 1. The first-order valence-corrected chi connectivity index (χ1v) is 8.64. The van der Waals surface area contributed by atoms with Crippen molar-refractivity contribution in [3.63, 3.8) is 0 Å². The van der Waals surface area contributed by atoms with Crippen molar-refractivity contribution in [2.45, 2.75) is 5.60 Å². The van der Waals surface area contributed by atoms with Gasteiger partial charge in [-0.15, -0.1) is 11.3 Å². The highest BCUT2D eigenvalue weighted by molar-refractivity contribution is 7.10. The van der Waals surface area contributed by atoms with Gasteiger partial charge >= 0.3 is 5.88 Å². The molecule has 24 heavy (non-hydrogen) atoms. The molecule has 0 aliphatic heterocycles. The van der Waals surface area contributed by atoms with E-state index in [1.165, 1.54) is 28.7 Å². The molecule has 0 aliphatic carbocycles. The average Bonchev–Trinajstić information content (AvgIpc) is 3.34. The number of carbonyl (C=O) groups excluding carboxylic acids is 1. The van der Waals surface area contributed by atoms with Gasteiger partial charge < -0.3 is 14.8 Å². The first-order chi connectivity index (χ1) is 11.5. The second-order valence-corrected chi connectivity index (χ2v) is 6.65. The number of rotatable bonds is 6. The molecule has 0 aliphatic rings. The van der Waals surface area contributed by atoms with E-state index in [1.807, 2.05) is 22.2 Å². The third-order valence-corrected chi connectivity index (χ3v) is 5.13. The van der Waals surface area contributed by atoms with Crippen molar-refractivity contribution in [3.05, 3.63) is 72.8 Å². The summed E-state index contributed by atoms with van der Waals surface area (Å²) in [6.45, 7) is -0.0857. The maximum absolute atomic E-state index is 12.1. The molecule has 0 saturated carbocycles. The van der Waals surface area contributed by atoms with Crippen LogP contribution in [0, 0.1) is 10.1 Å². The summed E-state index contributed by atoms with van der Waals surface area (Å²) in [6, 6.07) is 7.72. The van der Waals surface area contributed by atoms with Crippen LogP contribution in [0.15, 0.2) is 50.9 Å². The van der Waals surface area contributed by atoms with Crippen molar-refractivity contribution in [2.75, 3.05) is 6.54 Å². The summed E-state index contributed by atoms with van der Waals surface area (Å²) < 4.78 is 4.87. The highest BCUT2D eigenvalue weighted by Crippen LogP contribution is 2.33. The summed E-state index contributed by atoms with van der Waals surface area (Å²) in [5.41, 5.74) is -0.705. The number of nitro groups is 1. The number of aliphatic hydroxyl groups is 1. The standard InChI is InChI=1S/C15H12N2O5S2/c18-14(11-3-4-13(22-11)17(20)21)16-9-15(19,10-5-7-23-8-10)12-2-1-6-24-12/h1-8,19H,9H2,(H,16,18). The Morgan fingerprint density at radius 3 is 2.75 bits per heavy atom. The van der Waals surface area contributed by atoms with Gasteiger partial charge in [-0.3, -0.25) is 14.9 Å². The number of carbonyl (C=O) groups is 1. The summed E-state index contributed by atoms with van der Waals surface area (Å²) in [6.07, 6.45) is 0. The minimum atomic E-state index is -1.37. The predicted octanol–water partition coefficient (Wildman–Crippen LogP) is 2.98. The van der Waals surface area contributed by atoms with E-state index in [2.05, 4.69) is 5.32 Å². The van der Waals surface area contributed by atoms with E-state index in [1.54, 1.807) is 12.1 Å². The molecule has 3 aromatic rings. The number of nitrogens with one attached hydrogen (secondary N) is 1. The van der Waals surface area contributed by atoms with Crippen molar-refractivity contribution >= 4 is 34.5 Å². The third-order valence-electron chi connectivity index (χ3n) is 3.43. The van der Waals surface area contributed by atoms with Gasteiger partial charge in [-0.1, -0.05) is 6.07 Å². The molecular formula is C15H12N2O5S2. The monoisotopic (exact) mass is 364 g/mol. The molecular weight excluding hydrogens is 352 g/mol. The number of hydrogen-bond donors (Lipinski definition) is 2. The van der Waals surface area contributed by atoms with Gasteiger partial charge in [-0.05, 0) is 34.3 Å². The third kappa shape index (κ3) is 3.09. The lowest BCUT2D eigenvalue weighted by Gasteiger charge is -2.26. The van der Waals surface area contributed by atoms with Crippen molar-refractivity contribution < 1.29 is 19.2 Å². The van der Waals surface area contributed by atoms with E-state index in [4.69, 9.17) is 4.42 Å². The van der Waals surface area contributed by atoms with Gasteiger partial charge in [-0.2, -0.15) is 11.3 Å². The normalized spacial score (nSPS) is 13.4. The van der Waals surface area contributed by atoms with E-state index >= 15 is 0 Å². The fourth-order valence-electron chi connectivity index (χ4n) is 2.19. The van der Waals surface area contributed by atoms with Crippen molar-refractivity contribution in [2.24, 2.45) is 0 Å². The second-order valence-electron chi connectivity index (χ2n) is 4.93. The number of nitrogens with zero attached hydrogens (tertiary/aromatic N) is 1. The molecule has 3 heterocycles. The minimum Gasteiger partial charge on any atom is -0.395 e. The largest absolute Gasteiger partial charge is 0.433 e. The Kier molecular flexibility index (Phi) is 4.47. The van der Waals surface area contributed by atoms with Gasteiger partial charge in [0.25, 0.3) is 5.91 Å². The van der Waals surface area contributed by atoms with Crippen molar-refractivity contribution in [1.82, 2.24) is 5.32 Å². The van der Waals surface area contributed by atoms with E-state index in [9.17, 15) is 20.0 Å². The summed E-state index contributed by atoms with van der Waals surface area (Å²) in [7, 11) is 0. The van der Waals surface area contributed by atoms with Gasteiger partial charge in [0.1, 0.15) is 10.5 Å². The van der Waals surface area contributed by atoms with Gasteiger partial charge in [0.05, 0.1) is 12.6 Å². The molecule has 0 aromatic carbocycles. The Morgan fingerprint density at radius 1 is 1.33 bits per heavy atom. The molecule has 0 saturated heterocycles. The van der Waals surface area contributed by atoms with Gasteiger partial charge in [0.2, 0.25) is 0 Å². The Balaban J connectivity index is 1.79. The zero-order valence-electron chi connectivity index (χ0n) is 12.2. The quantitative estimate of drug-likeness (QED) is 0.517. The molecule has 0 bridgehead atoms. The van der Waals surface area contributed by atoms with Crippen LogP contribution < -0.4 is 5.32 Å². The number of amides is 1. The van der Waals surface area contributed by atoms with Crippen LogP contribution >= 0.6 is 22.7 Å². The number of hydrogen-bond acceptors (Lipinski definition) is 7. The second kappa shape index (κ2) is 6.56. The molecule has 1 unspecified atom stereocenters. The molecule has 0 spiro atoms. The zero-order valence-corrected chi connectivity index (χ0v) is 13.8. The predicted molar refractivity (Wildman–Crippen MR) is 89.3 cm³/mol.